The molecule has 5 rings (SSSR count). The van der Waals surface area contributed by atoms with Crippen molar-refractivity contribution in [3.8, 4) is 0 Å². The number of hydrogen-bond donors (Lipinski definition) is 1. The first-order valence-electron chi connectivity index (χ1n) is 13.2. The Balaban J connectivity index is 1.43. The Kier molecular flexibility index (Phi) is 6.60. The summed E-state index contributed by atoms with van der Waals surface area (Å²) in [5.41, 5.74) is 7.91. The summed E-state index contributed by atoms with van der Waals surface area (Å²) < 4.78 is 1.88. The number of nitrogens with one attached hydrogen (secondary N) is 1. The highest BCUT2D eigenvalue weighted by molar-refractivity contribution is 5.98. The molecule has 5 heterocycles. The highest BCUT2D eigenvalue weighted by Gasteiger charge is 2.28. The molecule has 7 nitrogen and oxygen atoms in total. The molecular weight excluding hydrogens is 448 g/mol. The van der Waals surface area contributed by atoms with Gasteiger partial charge in [0.05, 0.1) is 34.5 Å². The molecule has 0 bridgehead atoms. The van der Waals surface area contributed by atoms with Crippen molar-refractivity contribution in [1.82, 2.24) is 29.7 Å². The number of allylic oxidation sites excluding steroid dienone is 4. The minimum Gasteiger partial charge on any atom is -0.370 e. The van der Waals surface area contributed by atoms with Crippen LogP contribution in [0.25, 0.3) is 11.1 Å². The van der Waals surface area contributed by atoms with Crippen LogP contribution in [0.15, 0.2) is 53.7 Å². The Morgan fingerprint density at radius 1 is 1.11 bits per heavy atom. The largest absolute Gasteiger partial charge is 0.370 e. The number of hydrogen-bond acceptors (Lipinski definition) is 5. The summed E-state index contributed by atoms with van der Waals surface area (Å²) in [4.78, 5) is 22.5. The molecule has 3 aliphatic heterocycles. The van der Waals surface area contributed by atoms with E-state index >= 15 is 0 Å². The van der Waals surface area contributed by atoms with Gasteiger partial charge in [-0.05, 0) is 69.2 Å². The second-order valence-corrected chi connectivity index (χ2v) is 10.8. The fourth-order valence-electron chi connectivity index (χ4n) is 5.63. The van der Waals surface area contributed by atoms with E-state index in [1.54, 1.807) is 6.08 Å². The van der Waals surface area contributed by atoms with E-state index in [1.807, 2.05) is 35.7 Å². The third-order valence-corrected chi connectivity index (χ3v) is 7.49. The zero-order chi connectivity index (χ0) is 25.6. The van der Waals surface area contributed by atoms with Gasteiger partial charge in [0, 0.05) is 43.1 Å². The zero-order valence-corrected chi connectivity index (χ0v) is 22.4. The van der Waals surface area contributed by atoms with Crippen molar-refractivity contribution in [2.75, 3.05) is 13.1 Å². The quantitative estimate of drug-likeness (QED) is 0.676. The summed E-state index contributed by atoms with van der Waals surface area (Å²) in [6.07, 6.45) is 13.3. The number of aromatic nitrogens is 3. The normalized spacial score (nSPS) is 21.6. The van der Waals surface area contributed by atoms with Gasteiger partial charge in [0.25, 0.3) is 5.91 Å². The molecule has 1 unspecified atom stereocenters. The Hall–Kier alpha value is -3.19. The zero-order valence-electron chi connectivity index (χ0n) is 22.4. The van der Waals surface area contributed by atoms with Gasteiger partial charge < -0.3 is 10.2 Å². The van der Waals surface area contributed by atoms with Crippen LogP contribution in [0.1, 0.15) is 64.0 Å². The molecular formula is C29H38N6O. The summed E-state index contributed by atoms with van der Waals surface area (Å²) in [6.45, 7) is 14.7. The lowest BCUT2D eigenvalue weighted by molar-refractivity contribution is -0.122. The topological polar surface area (TPSA) is 65.8 Å². The van der Waals surface area contributed by atoms with Gasteiger partial charge in [-0.1, -0.05) is 26.8 Å². The number of nitrogens with zero attached hydrogens (tertiary/aromatic N) is 5. The number of carbonyl (C=O) groups is 1. The predicted molar refractivity (Wildman–Crippen MR) is 144 cm³/mol. The van der Waals surface area contributed by atoms with Crippen molar-refractivity contribution in [3.63, 3.8) is 0 Å². The van der Waals surface area contributed by atoms with Crippen molar-refractivity contribution in [3.05, 3.63) is 70.7 Å². The fourth-order valence-corrected chi connectivity index (χ4v) is 5.63. The van der Waals surface area contributed by atoms with Crippen LogP contribution in [-0.4, -0.2) is 55.5 Å². The van der Waals surface area contributed by atoms with E-state index in [0.717, 1.165) is 77.5 Å². The number of carbonyl (C=O) groups excluding carboxylic acids is 1. The lowest BCUT2D eigenvalue weighted by Gasteiger charge is -2.38. The van der Waals surface area contributed by atoms with E-state index in [9.17, 15) is 4.79 Å². The minimum atomic E-state index is -0.0211. The molecule has 1 N–H and O–H groups in total. The first-order valence-corrected chi connectivity index (χ1v) is 13.2. The van der Waals surface area contributed by atoms with E-state index in [2.05, 4.69) is 61.1 Å². The van der Waals surface area contributed by atoms with Crippen molar-refractivity contribution in [2.45, 2.75) is 72.9 Å². The molecule has 190 valence electrons. The van der Waals surface area contributed by atoms with Gasteiger partial charge in [0.1, 0.15) is 0 Å². The first-order chi connectivity index (χ1) is 17.2. The summed E-state index contributed by atoms with van der Waals surface area (Å²) in [5.74, 6) is 0.153. The summed E-state index contributed by atoms with van der Waals surface area (Å²) >= 11 is 0. The molecule has 2 aromatic heterocycles. The van der Waals surface area contributed by atoms with E-state index in [-0.39, 0.29) is 11.8 Å². The van der Waals surface area contributed by atoms with Crippen molar-refractivity contribution in [2.24, 2.45) is 5.92 Å². The average molecular weight is 487 g/mol. The highest BCUT2D eigenvalue weighted by Crippen LogP contribution is 2.34. The smallest absolute Gasteiger partial charge is 0.255 e. The number of likely N-dealkylation sites (tertiary alicyclic amines) is 1. The van der Waals surface area contributed by atoms with E-state index < -0.39 is 0 Å². The molecule has 36 heavy (non-hydrogen) atoms. The third kappa shape index (κ3) is 4.76. The highest BCUT2D eigenvalue weighted by atomic mass is 16.2. The van der Waals surface area contributed by atoms with E-state index in [0.29, 0.717) is 12.1 Å². The van der Waals surface area contributed by atoms with Crippen molar-refractivity contribution in [1.29, 1.82) is 0 Å². The van der Waals surface area contributed by atoms with Crippen LogP contribution < -0.4 is 5.32 Å². The van der Waals surface area contributed by atoms with Gasteiger partial charge in [-0.15, -0.1) is 0 Å². The van der Waals surface area contributed by atoms with Gasteiger partial charge in [0.2, 0.25) is 0 Å². The fraction of sp³-hybridized carbons (Fsp3) is 0.483. The minimum absolute atomic E-state index is 0.0211. The van der Waals surface area contributed by atoms with Crippen LogP contribution in [0.5, 0.6) is 0 Å². The van der Waals surface area contributed by atoms with Gasteiger partial charge in [0.15, 0.2) is 0 Å². The molecule has 2 aromatic rings. The number of aryl methyl sites for hydroxylation is 2. The Morgan fingerprint density at radius 3 is 2.58 bits per heavy atom. The second-order valence-electron chi connectivity index (χ2n) is 10.8. The molecule has 0 aromatic carbocycles. The summed E-state index contributed by atoms with van der Waals surface area (Å²) in [5, 5.41) is 8.49. The molecule has 3 aliphatic rings. The van der Waals surface area contributed by atoms with Crippen molar-refractivity contribution < 1.29 is 4.79 Å². The maximum Gasteiger partial charge on any atom is 0.255 e. The van der Waals surface area contributed by atoms with Gasteiger partial charge in [-0.3, -0.25) is 14.7 Å². The van der Waals surface area contributed by atoms with Crippen molar-refractivity contribution >= 4 is 17.0 Å². The Morgan fingerprint density at radius 2 is 1.86 bits per heavy atom. The molecule has 0 aliphatic carbocycles. The van der Waals surface area contributed by atoms with Gasteiger partial charge in [-0.2, -0.15) is 5.10 Å². The molecule has 7 heteroatoms. The van der Waals surface area contributed by atoms with Crippen LogP contribution in [0.3, 0.4) is 0 Å². The SMILES string of the molecule is CC1=CC(N2CCC(NC(C)C)CC2)=CN2C(=O)C=C(c3cc4c(C)nc(C)cn4n3)C(C)CC=C12. The Bertz CT molecular complexity index is 1300. The second kappa shape index (κ2) is 9.69. The maximum atomic E-state index is 13.7. The lowest BCUT2D eigenvalue weighted by atomic mass is 9.91. The molecule has 0 spiro atoms. The molecule has 0 saturated carbocycles. The number of piperidine rings is 1. The molecule has 1 amide bonds. The predicted octanol–water partition coefficient (Wildman–Crippen LogP) is 4.75. The van der Waals surface area contributed by atoms with Crippen LogP contribution in [-0.2, 0) is 4.79 Å². The standard InChI is InChI=1S/C29H38N6O/c1-18(2)30-23-9-11-33(12-10-23)24-13-20(4)27-8-7-19(3)25(14-29(36)34(27)17-24)26-15-28-22(6)31-21(5)16-35(28)32-26/h8,13-19,23,30H,7,9-12H2,1-6H3. The molecule has 0 radical (unpaired) electrons. The van der Waals surface area contributed by atoms with Crippen LogP contribution >= 0.6 is 0 Å². The number of amides is 1. The molecule has 1 fully saturated rings. The van der Waals surface area contributed by atoms with Crippen LogP contribution in [0.2, 0.25) is 0 Å². The maximum absolute atomic E-state index is 13.7. The van der Waals surface area contributed by atoms with Gasteiger partial charge >= 0.3 is 0 Å². The molecule has 1 atom stereocenters. The average Bonchev–Trinajstić information content (AvgIpc) is 3.24. The third-order valence-electron chi connectivity index (χ3n) is 7.49. The number of fused-ring (bicyclic) bond motifs is 2. The lowest BCUT2D eigenvalue weighted by Crippen LogP contribution is -2.44. The van der Waals surface area contributed by atoms with Gasteiger partial charge in [-0.25, -0.2) is 4.52 Å². The van der Waals surface area contributed by atoms with E-state index in [4.69, 9.17) is 5.10 Å². The Labute approximate surface area is 214 Å². The van der Waals surface area contributed by atoms with Crippen LogP contribution in [0, 0.1) is 19.8 Å². The van der Waals surface area contributed by atoms with Crippen LogP contribution in [0.4, 0.5) is 0 Å². The number of rotatable bonds is 4. The summed E-state index contributed by atoms with van der Waals surface area (Å²) in [7, 11) is 0. The summed E-state index contributed by atoms with van der Waals surface area (Å²) in [6, 6.07) is 3.13. The monoisotopic (exact) mass is 486 g/mol. The van der Waals surface area contributed by atoms with E-state index in [1.165, 1.54) is 0 Å². The first kappa shape index (κ1) is 24.5. The molecule has 1 saturated heterocycles.